The normalized spacial score (nSPS) is 12.4. The topological polar surface area (TPSA) is 30.0 Å². The Labute approximate surface area is 105 Å². The standard InChI is InChI=1S/C14H15NOS/c1-10(16)8-13(12-6-4-3-5-7-12)14-15-9-11(2)17-14/h3-7,9,13H,8H2,1-2H3. The molecular weight excluding hydrogens is 230 g/mol. The number of thiazole rings is 1. The van der Waals surface area contributed by atoms with Crippen molar-refractivity contribution in [1.29, 1.82) is 0 Å². The molecule has 0 N–H and O–H groups in total. The van der Waals surface area contributed by atoms with Gasteiger partial charge in [-0.15, -0.1) is 11.3 Å². The zero-order valence-electron chi connectivity index (χ0n) is 10.0. The number of aryl methyl sites for hydroxylation is 1. The Kier molecular flexibility index (Phi) is 3.69. The fourth-order valence-electron chi connectivity index (χ4n) is 1.85. The van der Waals surface area contributed by atoms with Crippen LogP contribution in [0.4, 0.5) is 0 Å². The van der Waals surface area contributed by atoms with Gasteiger partial charge in [0.25, 0.3) is 0 Å². The summed E-state index contributed by atoms with van der Waals surface area (Å²) in [5.74, 6) is 0.305. The highest BCUT2D eigenvalue weighted by molar-refractivity contribution is 7.11. The zero-order chi connectivity index (χ0) is 12.3. The minimum absolute atomic E-state index is 0.104. The van der Waals surface area contributed by atoms with Crippen LogP contribution in [0.5, 0.6) is 0 Å². The number of ketones is 1. The van der Waals surface area contributed by atoms with Gasteiger partial charge in [0, 0.05) is 23.4 Å². The fourth-order valence-corrected chi connectivity index (χ4v) is 2.76. The lowest BCUT2D eigenvalue weighted by Crippen LogP contribution is -2.05. The highest BCUT2D eigenvalue weighted by Gasteiger charge is 2.18. The van der Waals surface area contributed by atoms with Gasteiger partial charge >= 0.3 is 0 Å². The predicted octanol–water partition coefficient (Wildman–Crippen LogP) is 3.56. The molecule has 0 spiro atoms. The van der Waals surface area contributed by atoms with E-state index in [4.69, 9.17) is 0 Å². The van der Waals surface area contributed by atoms with Crippen molar-refractivity contribution in [2.24, 2.45) is 0 Å². The first-order valence-electron chi connectivity index (χ1n) is 5.63. The van der Waals surface area contributed by atoms with Crippen LogP contribution in [0.2, 0.25) is 0 Å². The van der Waals surface area contributed by atoms with E-state index in [0.717, 1.165) is 10.6 Å². The van der Waals surface area contributed by atoms with Gasteiger partial charge < -0.3 is 0 Å². The average molecular weight is 245 g/mol. The number of hydrogen-bond acceptors (Lipinski definition) is 3. The van der Waals surface area contributed by atoms with Crippen LogP contribution < -0.4 is 0 Å². The molecule has 1 heterocycles. The Hall–Kier alpha value is -1.48. The van der Waals surface area contributed by atoms with Gasteiger partial charge in [0.15, 0.2) is 0 Å². The van der Waals surface area contributed by atoms with Gasteiger partial charge in [-0.3, -0.25) is 4.79 Å². The van der Waals surface area contributed by atoms with E-state index >= 15 is 0 Å². The maximum absolute atomic E-state index is 11.4. The van der Waals surface area contributed by atoms with Crippen LogP contribution in [-0.4, -0.2) is 10.8 Å². The summed E-state index contributed by atoms with van der Waals surface area (Å²) < 4.78 is 0. The fraction of sp³-hybridized carbons (Fsp3) is 0.286. The van der Waals surface area contributed by atoms with Crippen molar-refractivity contribution >= 4 is 17.1 Å². The third-order valence-corrected chi connectivity index (χ3v) is 3.66. The quantitative estimate of drug-likeness (QED) is 0.824. The molecule has 0 saturated heterocycles. The SMILES string of the molecule is CC(=O)CC(c1ccccc1)c1ncc(C)s1. The van der Waals surface area contributed by atoms with Crippen LogP contribution in [0.3, 0.4) is 0 Å². The third kappa shape index (κ3) is 3.01. The number of benzene rings is 1. The number of carbonyl (C=O) groups excluding carboxylic acids is 1. The second kappa shape index (κ2) is 5.23. The number of carbonyl (C=O) groups is 1. The van der Waals surface area contributed by atoms with Crippen molar-refractivity contribution in [3.63, 3.8) is 0 Å². The van der Waals surface area contributed by atoms with Crippen molar-refractivity contribution < 1.29 is 4.79 Å². The molecule has 0 radical (unpaired) electrons. The molecule has 2 nitrogen and oxygen atoms in total. The Morgan fingerprint density at radius 3 is 2.59 bits per heavy atom. The lowest BCUT2D eigenvalue weighted by atomic mass is 9.95. The Balaban J connectivity index is 2.35. The molecule has 1 unspecified atom stereocenters. The second-order valence-corrected chi connectivity index (χ2v) is 5.44. The van der Waals surface area contributed by atoms with Crippen LogP contribution >= 0.6 is 11.3 Å². The van der Waals surface area contributed by atoms with Crippen molar-refractivity contribution in [2.45, 2.75) is 26.2 Å². The molecular formula is C14H15NOS. The predicted molar refractivity (Wildman–Crippen MR) is 70.4 cm³/mol. The maximum Gasteiger partial charge on any atom is 0.130 e. The van der Waals surface area contributed by atoms with Crippen LogP contribution in [0.1, 0.15) is 34.7 Å². The van der Waals surface area contributed by atoms with Gasteiger partial charge in [0.05, 0.1) is 0 Å². The molecule has 0 bridgehead atoms. The molecule has 0 aliphatic rings. The number of Topliss-reactive ketones (excluding diaryl/α,β-unsaturated/α-hetero) is 1. The van der Waals surface area contributed by atoms with Crippen LogP contribution in [-0.2, 0) is 4.79 Å². The first-order chi connectivity index (χ1) is 8.16. The van der Waals surface area contributed by atoms with Crippen LogP contribution in [0, 0.1) is 6.92 Å². The van der Waals surface area contributed by atoms with Crippen molar-refractivity contribution in [2.75, 3.05) is 0 Å². The number of aromatic nitrogens is 1. The summed E-state index contributed by atoms with van der Waals surface area (Å²) in [6.07, 6.45) is 2.40. The second-order valence-electron chi connectivity index (χ2n) is 4.18. The summed E-state index contributed by atoms with van der Waals surface area (Å²) in [5, 5.41) is 1.03. The number of rotatable bonds is 4. The summed E-state index contributed by atoms with van der Waals surface area (Å²) >= 11 is 1.67. The molecule has 1 aromatic carbocycles. The molecule has 3 heteroatoms. The summed E-state index contributed by atoms with van der Waals surface area (Å²) in [6.45, 7) is 3.67. The monoisotopic (exact) mass is 245 g/mol. The van der Waals surface area contributed by atoms with E-state index in [9.17, 15) is 4.79 Å². The largest absolute Gasteiger partial charge is 0.300 e. The van der Waals surface area contributed by atoms with E-state index in [1.165, 1.54) is 4.88 Å². The smallest absolute Gasteiger partial charge is 0.130 e. The van der Waals surface area contributed by atoms with Gasteiger partial charge in [0.2, 0.25) is 0 Å². The first-order valence-corrected chi connectivity index (χ1v) is 6.45. The minimum Gasteiger partial charge on any atom is -0.300 e. The van der Waals surface area contributed by atoms with E-state index in [1.807, 2.05) is 31.3 Å². The highest BCUT2D eigenvalue weighted by Crippen LogP contribution is 2.30. The van der Waals surface area contributed by atoms with E-state index in [2.05, 4.69) is 17.1 Å². The van der Waals surface area contributed by atoms with Gasteiger partial charge in [-0.05, 0) is 19.4 Å². The number of nitrogens with zero attached hydrogens (tertiary/aromatic N) is 1. The van der Waals surface area contributed by atoms with E-state index in [1.54, 1.807) is 18.3 Å². The van der Waals surface area contributed by atoms with Crippen LogP contribution in [0.15, 0.2) is 36.5 Å². The summed E-state index contributed by atoms with van der Waals surface area (Å²) in [5.41, 5.74) is 1.16. The molecule has 0 aliphatic heterocycles. The van der Waals surface area contributed by atoms with Gasteiger partial charge in [-0.2, -0.15) is 0 Å². The van der Waals surface area contributed by atoms with Gasteiger partial charge in [-0.1, -0.05) is 30.3 Å². The van der Waals surface area contributed by atoms with Gasteiger partial charge in [-0.25, -0.2) is 4.98 Å². The molecule has 2 rings (SSSR count). The summed E-state index contributed by atoms with van der Waals surface area (Å²) in [4.78, 5) is 17.0. The molecule has 0 amide bonds. The molecule has 0 saturated carbocycles. The lowest BCUT2D eigenvalue weighted by molar-refractivity contribution is -0.117. The summed E-state index contributed by atoms with van der Waals surface area (Å²) in [6, 6.07) is 10.1. The van der Waals surface area contributed by atoms with Crippen molar-refractivity contribution in [3.8, 4) is 0 Å². The molecule has 0 aliphatic carbocycles. The van der Waals surface area contributed by atoms with Crippen LogP contribution in [0.25, 0.3) is 0 Å². The Bertz CT molecular complexity index is 504. The summed E-state index contributed by atoms with van der Waals surface area (Å²) in [7, 11) is 0. The molecule has 17 heavy (non-hydrogen) atoms. The van der Waals surface area contributed by atoms with Crippen molar-refractivity contribution in [3.05, 3.63) is 52.0 Å². The first kappa shape index (κ1) is 12.0. The molecule has 1 atom stereocenters. The van der Waals surface area contributed by atoms with E-state index in [0.29, 0.717) is 6.42 Å². The van der Waals surface area contributed by atoms with Crippen molar-refractivity contribution in [1.82, 2.24) is 4.98 Å². The van der Waals surface area contributed by atoms with Gasteiger partial charge in [0.1, 0.15) is 10.8 Å². The Morgan fingerprint density at radius 2 is 2.06 bits per heavy atom. The zero-order valence-corrected chi connectivity index (χ0v) is 10.8. The number of hydrogen-bond donors (Lipinski definition) is 0. The van der Waals surface area contributed by atoms with E-state index < -0.39 is 0 Å². The third-order valence-electron chi connectivity index (χ3n) is 2.63. The highest BCUT2D eigenvalue weighted by atomic mass is 32.1. The molecule has 2 aromatic rings. The lowest BCUT2D eigenvalue weighted by Gasteiger charge is -2.12. The molecule has 0 fully saturated rings. The minimum atomic E-state index is 0.104. The van der Waals surface area contributed by atoms with E-state index in [-0.39, 0.29) is 11.7 Å². The molecule has 1 aromatic heterocycles. The average Bonchev–Trinajstić information content (AvgIpc) is 2.73. The molecule has 88 valence electrons. The maximum atomic E-state index is 11.4. The Morgan fingerprint density at radius 1 is 1.35 bits per heavy atom.